The van der Waals surface area contributed by atoms with Crippen LogP contribution in [0.5, 0.6) is 5.75 Å². The second kappa shape index (κ2) is 7.86. The molecule has 6 heteroatoms. The van der Waals surface area contributed by atoms with E-state index in [0.29, 0.717) is 17.0 Å². The van der Waals surface area contributed by atoms with Crippen molar-refractivity contribution in [1.29, 1.82) is 0 Å². The number of halogens is 1. The molecule has 28 heavy (non-hydrogen) atoms. The van der Waals surface area contributed by atoms with Crippen LogP contribution in [0.2, 0.25) is 0 Å². The summed E-state index contributed by atoms with van der Waals surface area (Å²) in [4.78, 5) is 17.0. The van der Waals surface area contributed by atoms with Crippen LogP contribution in [0.1, 0.15) is 21.9 Å². The molecule has 0 spiro atoms. The Morgan fingerprint density at radius 2 is 2.04 bits per heavy atom. The highest BCUT2D eigenvalue weighted by Gasteiger charge is 2.14. The third-order valence-corrected chi connectivity index (χ3v) is 4.91. The van der Waals surface area contributed by atoms with Crippen molar-refractivity contribution < 1.29 is 13.9 Å². The molecule has 0 saturated heterocycles. The number of carbonyl (C=O) groups excluding carboxylic acids is 1. The van der Waals surface area contributed by atoms with E-state index >= 15 is 0 Å². The van der Waals surface area contributed by atoms with Gasteiger partial charge in [0.25, 0.3) is 5.91 Å². The fourth-order valence-electron chi connectivity index (χ4n) is 2.86. The average molecular weight is 437 g/mol. The molecule has 5 nitrogen and oxygen atoms in total. The number of anilines is 1. The van der Waals surface area contributed by atoms with E-state index in [1.54, 1.807) is 18.3 Å². The molecule has 4 rings (SSSR count). The number of carbonyl (C=O) groups is 1. The van der Waals surface area contributed by atoms with E-state index in [2.05, 4.69) is 26.2 Å². The van der Waals surface area contributed by atoms with Crippen LogP contribution >= 0.6 is 15.9 Å². The number of ether oxygens (including phenoxy) is 1. The molecule has 1 amide bonds. The molecule has 2 aromatic carbocycles. The van der Waals surface area contributed by atoms with Crippen molar-refractivity contribution in [3.63, 3.8) is 0 Å². The zero-order chi connectivity index (χ0) is 19.5. The number of benzene rings is 2. The maximum Gasteiger partial charge on any atom is 0.291 e. The Morgan fingerprint density at radius 3 is 2.89 bits per heavy atom. The van der Waals surface area contributed by atoms with Gasteiger partial charge in [-0.25, -0.2) is 0 Å². The van der Waals surface area contributed by atoms with Crippen molar-refractivity contribution in [2.75, 3.05) is 5.32 Å². The summed E-state index contributed by atoms with van der Waals surface area (Å²) in [6, 6.07) is 18.6. The fourth-order valence-corrected chi connectivity index (χ4v) is 3.31. The van der Waals surface area contributed by atoms with E-state index < -0.39 is 0 Å². The monoisotopic (exact) mass is 436 g/mol. The molecule has 2 heterocycles. The lowest BCUT2D eigenvalue weighted by Gasteiger charge is -2.08. The van der Waals surface area contributed by atoms with Gasteiger partial charge in [0.2, 0.25) is 0 Å². The zero-order valence-corrected chi connectivity index (χ0v) is 16.7. The van der Waals surface area contributed by atoms with Gasteiger partial charge in [-0.15, -0.1) is 0 Å². The minimum Gasteiger partial charge on any atom is -0.486 e. The number of fused-ring (bicyclic) bond motifs is 1. The number of amides is 1. The highest BCUT2D eigenvalue weighted by molar-refractivity contribution is 9.10. The SMILES string of the molecule is Cc1cccc(OCc2ccc(C(=O)Nc3ccc(Br)c4cccnc34)o2)c1. The molecule has 0 saturated carbocycles. The van der Waals surface area contributed by atoms with E-state index in [1.807, 2.05) is 55.5 Å². The Bertz CT molecular complexity index is 1150. The van der Waals surface area contributed by atoms with E-state index in [-0.39, 0.29) is 18.3 Å². The number of hydrogen-bond acceptors (Lipinski definition) is 4. The molecule has 4 aromatic rings. The van der Waals surface area contributed by atoms with Gasteiger partial charge in [0, 0.05) is 16.1 Å². The van der Waals surface area contributed by atoms with Gasteiger partial charge in [0.05, 0.1) is 11.2 Å². The van der Waals surface area contributed by atoms with E-state index in [1.165, 1.54) is 0 Å². The fraction of sp³-hybridized carbons (Fsp3) is 0.0909. The molecular formula is C22H17BrN2O3. The molecule has 0 fully saturated rings. The van der Waals surface area contributed by atoms with Crippen LogP contribution in [0.25, 0.3) is 10.9 Å². The summed E-state index contributed by atoms with van der Waals surface area (Å²) in [5.41, 5.74) is 2.45. The highest BCUT2D eigenvalue weighted by atomic mass is 79.9. The third kappa shape index (κ3) is 3.92. The quantitative estimate of drug-likeness (QED) is 0.433. The Kier molecular flexibility index (Phi) is 5.12. The molecule has 0 bridgehead atoms. The molecule has 0 aliphatic heterocycles. The topological polar surface area (TPSA) is 64.4 Å². The van der Waals surface area contributed by atoms with E-state index in [0.717, 1.165) is 21.2 Å². The summed E-state index contributed by atoms with van der Waals surface area (Å²) < 4.78 is 12.3. The van der Waals surface area contributed by atoms with E-state index in [4.69, 9.17) is 9.15 Å². The first kappa shape index (κ1) is 18.3. The van der Waals surface area contributed by atoms with Crippen molar-refractivity contribution in [1.82, 2.24) is 4.98 Å². The van der Waals surface area contributed by atoms with Gasteiger partial charge < -0.3 is 14.5 Å². The first-order valence-electron chi connectivity index (χ1n) is 8.73. The number of nitrogens with zero attached hydrogens (tertiary/aromatic N) is 1. The van der Waals surface area contributed by atoms with Crippen LogP contribution in [-0.2, 0) is 6.61 Å². The number of aromatic nitrogens is 1. The summed E-state index contributed by atoms with van der Waals surface area (Å²) in [5.74, 6) is 1.21. The molecule has 1 N–H and O–H groups in total. The van der Waals surface area contributed by atoms with Crippen LogP contribution in [-0.4, -0.2) is 10.9 Å². The second-order valence-corrected chi connectivity index (χ2v) is 7.17. The number of aryl methyl sites for hydroxylation is 1. The smallest absolute Gasteiger partial charge is 0.291 e. The molecule has 0 atom stereocenters. The Hall–Kier alpha value is -3.12. The van der Waals surface area contributed by atoms with E-state index in [9.17, 15) is 4.79 Å². The molecule has 140 valence electrons. The van der Waals surface area contributed by atoms with Gasteiger partial charge in [-0.05, 0) is 55.0 Å². The number of rotatable bonds is 5. The average Bonchev–Trinajstić information content (AvgIpc) is 3.18. The number of hydrogen-bond donors (Lipinski definition) is 1. The van der Waals surface area contributed by atoms with Crippen molar-refractivity contribution in [2.45, 2.75) is 13.5 Å². The molecule has 0 radical (unpaired) electrons. The Balaban J connectivity index is 1.47. The molecule has 2 aromatic heterocycles. The lowest BCUT2D eigenvalue weighted by atomic mass is 10.2. The Morgan fingerprint density at radius 1 is 1.14 bits per heavy atom. The standard InChI is InChI=1S/C22H17BrN2O3/c1-14-4-2-5-15(12-14)27-13-16-7-10-20(28-16)22(26)25-19-9-8-18(23)17-6-3-11-24-21(17)19/h2-12H,13H2,1H3,(H,25,26). The Labute approximate surface area is 170 Å². The van der Waals surface area contributed by atoms with Crippen LogP contribution < -0.4 is 10.1 Å². The van der Waals surface area contributed by atoms with Crippen LogP contribution in [0.3, 0.4) is 0 Å². The van der Waals surface area contributed by atoms with Gasteiger partial charge in [-0.3, -0.25) is 9.78 Å². The van der Waals surface area contributed by atoms with Gasteiger partial charge in [-0.2, -0.15) is 0 Å². The molecule has 0 unspecified atom stereocenters. The lowest BCUT2D eigenvalue weighted by molar-refractivity contribution is 0.0992. The third-order valence-electron chi connectivity index (χ3n) is 4.22. The van der Waals surface area contributed by atoms with Gasteiger partial charge in [-0.1, -0.05) is 34.1 Å². The first-order chi connectivity index (χ1) is 13.6. The van der Waals surface area contributed by atoms with Gasteiger partial charge in [0.15, 0.2) is 5.76 Å². The summed E-state index contributed by atoms with van der Waals surface area (Å²) in [5, 5.41) is 3.79. The molecule has 0 aliphatic carbocycles. The van der Waals surface area contributed by atoms with Crippen molar-refractivity contribution >= 4 is 38.4 Å². The maximum absolute atomic E-state index is 12.6. The normalized spacial score (nSPS) is 10.8. The summed E-state index contributed by atoms with van der Waals surface area (Å²) in [7, 11) is 0. The van der Waals surface area contributed by atoms with Crippen molar-refractivity contribution in [2.24, 2.45) is 0 Å². The van der Waals surface area contributed by atoms with Crippen molar-refractivity contribution in [3.05, 3.63) is 88.4 Å². The maximum atomic E-state index is 12.6. The largest absolute Gasteiger partial charge is 0.486 e. The zero-order valence-electron chi connectivity index (χ0n) is 15.1. The first-order valence-corrected chi connectivity index (χ1v) is 9.52. The number of nitrogens with one attached hydrogen (secondary N) is 1. The summed E-state index contributed by atoms with van der Waals surface area (Å²) >= 11 is 3.50. The summed E-state index contributed by atoms with van der Waals surface area (Å²) in [6.45, 7) is 2.25. The predicted octanol–water partition coefficient (Wildman–Crippen LogP) is 5.73. The highest BCUT2D eigenvalue weighted by Crippen LogP contribution is 2.28. The summed E-state index contributed by atoms with van der Waals surface area (Å²) in [6.07, 6.45) is 1.69. The van der Waals surface area contributed by atoms with Gasteiger partial charge in [0.1, 0.15) is 18.1 Å². The van der Waals surface area contributed by atoms with Gasteiger partial charge >= 0.3 is 0 Å². The van der Waals surface area contributed by atoms with Crippen LogP contribution in [0, 0.1) is 6.92 Å². The lowest BCUT2D eigenvalue weighted by Crippen LogP contribution is -2.11. The minimum absolute atomic E-state index is 0.217. The van der Waals surface area contributed by atoms with Crippen LogP contribution in [0.15, 0.2) is 75.8 Å². The molecule has 0 aliphatic rings. The minimum atomic E-state index is -0.337. The second-order valence-electron chi connectivity index (χ2n) is 6.32. The predicted molar refractivity (Wildman–Crippen MR) is 112 cm³/mol. The molecular weight excluding hydrogens is 420 g/mol. The van der Waals surface area contributed by atoms with Crippen molar-refractivity contribution in [3.8, 4) is 5.75 Å². The number of furan rings is 1. The number of pyridine rings is 1. The van der Waals surface area contributed by atoms with Crippen LogP contribution in [0.4, 0.5) is 5.69 Å².